The fraction of sp³-hybridized carbons (Fsp3) is 0.333. The van der Waals surface area contributed by atoms with Crippen LogP contribution in [0.5, 0.6) is 0 Å². The first kappa shape index (κ1) is 13.3. The van der Waals surface area contributed by atoms with E-state index < -0.39 is 34.8 Å². The van der Waals surface area contributed by atoms with Crippen LogP contribution in [0, 0.1) is 5.82 Å². The second-order valence-corrected chi connectivity index (χ2v) is 5.67. The lowest BCUT2D eigenvalue weighted by Crippen LogP contribution is -2.10. The molecule has 2 aromatic rings. The number of rotatable bonds is 3. The van der Waals surface area contributed by atoms with Crippen molar-refractivity contribution in [2.45, 2.75) is 23.8 Å². The van der Waals surface area contributed by atoms with Crippen molar-refractivity contribution >= 4 is 10.8 Å². The lowest BCUT2D eigenvalue weighted by molar-refractivity contribution is 0.325. The smallest absolute Gasteiger partial charge is 0.241 e. The predicted octanol–water partition coefficient (Wildman–Crippen LogP) is 2.46. The molecule has 3 atom stereocenters. The maximum absolute atomic E-state index is 13.9. The Morgan fingerprint density at radius 2 is 2.15 bits per heavy atom. The van der Waals surface area contributed by atoms with Crippen LogP contribution < -0.4 is 0 Å². The molecule has 0 bridgehead atoms. The highest BCUT2D eigenvalue weighted by atomic mass is 32.2. The Balaban J connectivity index is 2.05. The third-order valence-corrected chi connectivity index (χ3v) is 3.99. The van der Waals surface area contributed by atoms with Crippen molar-refractivity contribution in [3.05, 3.63) is 41.5 Å². The fourth-order valence-electron chi connectivity index (χ4n) is 2.31. The molecule has 0 amide bonds. The van der Waals surface area contributed by atoms with E-state index in [1.807, 2.05) is 0 Å². The minimum Gasteiger partial charge on any atom is -0.248 e. The first-order valence-electron chi connectivity index (χ1n) is 5.91. The Labute approximate surface area is 115 Å². The van der Waals surface area contributed by atoms with Crippen molar-refractivity contribution in [2.75, 3.05) is 6.01 Å². The Bertz CT molecular complexity index is 676. The predicted molar refractivity (Wildman–Crippen MR) is 65.4 cm³/mol. The van der Waals surface area contributed by atoms with Crippen LogP contribution in [0.15, 0.2) is 29.4 Å². The van der Waals surface area contributed by atoms with E-state index in [0.29, 0.717) is 0 Å². The second kappa shape index (κ2) is 5.01. The summed E-state index contributed by atoms with van der Waals surface area (Å²) in [6.45, 7) is 0. The summed E-state index contributed by atoms with van der Waals surface area (Å²) in [4.78, 5) is 3.76. The fourth-order valence-corrected chi connectivity index (χ4v) is 2.78. The average molecular weight is 301 g/mol. The molecule has 1 unspecified atom stereocenters. The number of hydrogen-bond donors (Lipinski definition) is 0. The zero-order chi connectivity index (χ0) is 14.3. The zero-order valence-corrected chi connectivity index (χ0v) is 11.0. The number of alkyl halides is 2. The van der Waals surface area contributed by atoms with E-state index in [9.17, 15) is 17.4 Å². The zero-order valence-electron chi connectivity index (χ0n) is 10.2. The molecule has 8 heteroatoms. The van der Waals surface area contributed by atoms with Gasteiger partial charge >= 0.3 is 0 Å². The molecule has 3 rings (SSSR count). The number of fused-ring (bicyclic) bond motifs is 1. The molecule has 106 valence electrons. The van der Waals surface area contributed by atoms with E-state index in [1.165, 1.54) is 22.9 Å². The van der Waals surface area contributed by atoms with Gasteiger partial charge in [-0.3, -0.25) is 0 Å². The van der Waals surface area contributed by atoms with E-state index in [2.05, 4.69) is 10.1 Å². The Morgan fingerprint density at radius 1 is 1.40 bits per heavy atom. The molecule has 2 heterocycles. The van der Waals surface area contributed by atoms with Crippen LogP contribution in [-0.2, 0) is 10.8 Å². The largest absolute Gasteiger partial charge is 0.248 e. The summed E-state index contributed by atoms with van der Waals surface area (Å²) in [6.07, 6.45) is -1.42. The number of nitrogens with zero attached hydrogens (tertiary/aromatic N) is 3. The van der Waals surface area contributed by atoms with Crippen LogP contribution in [0.2, 0.25) is 0 Å². The summed E-state index contributed by atoms with van der Waals surface area (Å²) < 4.78 is 52.6. The van der Waals surface area contributed by atoms with Crippen molar-refractivity contribution < 1.29 is 17.4 Å². The molecular formula is C12H10F3N3OS. The van der Waals surface area contributed by atoms with Crippen molar-refractivity contribution in [3.8, 4) is 0 Å². The molecule has 0 fully saturated rings. The van der Waals surface area contributed by atoms with Crippen molar-refractivity contribution in [1.82, 2.24) is 14.8 Å². The van der Waals surface area contributed by atoms with E-state index in [1.54, 1.807) is 6.07 Å². The van der Waals surface area contributed by atoms with Gasteiger partial charge < -0.3 is 0 Å². The van der Waals surface area contributed by atoms with Crippen LogP contribution in [0.1, 0.15) is 30.0 Å². The molecule has 1 aromatic heterocycles. The number of halogens is 3. The summed E-state index contributed by atoms with van der Waals surface area (Å²) in [5.41, 5.74) is 0.288. The summed E-state index contributed by atoms with van der Waals surface area (Å²) in [5, 5.41) is 3.61. The summed E-state index contributed by atoms with van der Waals surface area (Å²) in [7, 11) is -2.01. The van der Waals surface area contributed by atoms with Gasteiger partial charge in [-0.2, -0.15) is 0 Å². The van der Waals surface area contributed by atoms with Crippen LogP contribution in [0.25, 0.3) is 0 Å². The average Bonchev–Trinajstić information content (AvgIpc) is 3.00. The lowest BCUT2D eigenvalue weighted by Gasteiger charge is -2.12. The van der Waals surface area contributed by atoms with Gasteiger partial charge in [0.15, 0.2) is 18.0 Å². The molecule has 1 aromatic carbocycles. The van der Waals surface area contributed by atoms with E-state index in [4.69, 9.17) is 0 Å². The SMILES string of the molecule is O=S(CF)c1nc2n(n1)[C@H](c1ccccc1F)C[C@@H]2F. The van der Waals surface area contributed by atoms with Gasteiger partial charge in [0.1, 0.15) is 16.6 Å². The van der Waals surface area contributed by atoms with Crippen LogP contribution in [-0.4, -0.2) is 25.0 Å². The van der Waals surface area contributed by atoms with E-state index in [0.717, 1.165) is 0 Å². The quantitative estimate of drug-likeness (QED) is 0.875. The van der Waals surface area contributed by atoms with Crippen LogP contribution >= 0.6 is 0 Å². The molecule has 0 radical (unpaired) electrons. The topological polar surface area (TPSA) is 47.8 Å². The summed E-state index contributed by atoms with van der Waals surface area (Å²) >= 11 is 0. The molecule has 0 saturated carbocycles. The van der Waals surface area contributed by atoms with Gasteiger partial charge in [-0.05, 0) is 6.07 Å². The molecule has 1 aliphatic rings. The van der Waals surface area contributed by atoms with Crippen molar-refractivity contribution in [2.24, 2.45) is 0 Å². The molecule has 20 heavy (non-hydrogen) atoms. The molecule has 0 spiro atoms. The Morgan fingerprint density at radius 3 is 2.85 bits per heavy atom. The van der Waals surface area contributed by atoms with Crippen LogP contribution in [0.4, 0.5) is 13.2 Å². The van der Waals surface area contributed by atoms with Crippen molar-refractivity contribution in [1.29, 1.82) is 0 Å². The van der Waals surface area contributed by atoms with Gasteiger partial charge in [0.05, 0.1) is 6.04 Å². The molecule has 4 nitrogen and oxygen atoms in total. The highest BCUT2D eigenvalue weighted by Crippen LogP contribution is 2.40. The molecule has 0 saturated heterocycles. The Hall–Kier alpha value is -1.70. The van der Waals surface area contributed by atoms with Gasteiger partial charge in [0.25, 0.3) is 0 Å². The maximum Gasteiger partial charge on any atom is 0.241 e. The molecule has 0 N–H and O–H groups in total. The standard InChI is InChI=1S/C12H10F3N3OS/c13-6-20(19)12-16-11-9(15)5-10(18(11)17-12)7-3-1-2-4-8(7)14/h1-4,9-10H,5-6H2/t9-,10-,20?/m0/s1. The highest BCUT2D eigenvalue weighted by molar-refractivity contribution is 7.84. The third kappa shape index (κ3) is 2.04. The van der Waals surface area contributed by atoms with Gasteiger partial charge in [0.2, 0.25) is 5.16 Å². The van der Waals surface area contributed by atoms with Gasteiger partial charge in [-0.15, -0.1) is 5.10 Å². The third-order valence-electron chi connectivity index (χ3n) is 3.21. The Kier molecular flexibility index (Phi) is 3.33. The second-order valence-electron chi connectivity index (χ2n) is 4.39. The minimum atomic E-state index is -2.01. The summed E-state index contributed by atoms with van der Waals surface area (Å²) in [5.74, 6) is -0.503. The monoisotopic (exact) mass is 301 g/mol. The first-order chi connectivity index (χ1) is 9.61. The number of aromatic nitrogens is 3. The minimum absolute atomic E-state index is 0.0127. The molecule has 0 aliphatic carbocycles. The number of hydrogen-bond acceptors (Lipinski definition) is 3. The van der Waals surface area contributed by atoms with E-state index >= 15 is 0 Å². The normalized spacial score (nSPS) is 22.8. The summed E-state index contributed by atoms with van der Waals surface area (Å²) in [6, 6.07) is 4.20. The van der Waals surface area contributed by atoms with Gasteiger partial charge in [-0.1, -0.05) is 18.2 Å². The molecular weight excluding hydrogens is 291 g/mol. The first-order valence-corrected chi connectivity index (χ1v) is 7.23. The van der Waals surface area contributed by atoms with Crippen LogP contribution in [0.3, 0.4) is 0 Å². The van der Waals surface area contributed by atoms with Gasteiger partial charge in [0, 0.05) is 12.0 Å². The highest BCUT2D eigenvalue weighted by Gasteiger charge is 2.37. The van der Waals surface area contributed by atoms with Gasteiger partial charge in [-0.25, -0.2) is 27.0 Å². The van der Waals surface area contributed by atoms with E-state index in [-0.39, 0.29) is 23.0 Å². The number of benzene rings is 1. The van der Waals surface area contributed by atoms with Crippen molar-refractivity contribution in [3.63, 3.8) is 0 Å². The lowest BCUT2D eigenvalue weighted by atomic mass is 10.0. The maximum atomic E-state index is 13.9. The molecule has 1 aliphatic heterocycles.